The van der Waals surface area contributed by atoms with Gasteiger partial charge >= 0.3 is 11.6 Å². The molecule has 0 bridgehead atoms. The zero-order chi connectivity index (χ0) is 22.8. The van der Waals surface area contributed by atoms with Crippen molar-refractivity contribution in [3.63, 3.8) is 0 Å². The van der Waals surface area contributed by atoms with Crippen LogP contribution in [0, 0.1) is 25.2 Å². The standard InChI is InChI=1S/C26H22N2O4/c1-16-9-17(2)11-22(10-16)28-8-4-7-18-12-21-13-19(5-3-6-20(15-27)25(29)30)26(31)32-24(21)14-23(18)28/h3,5-6,9-14H,4,7-8H2,1-2H3,(H,29,30). The Hall–Kier alpha value is -4.11. The van der Waals surface area contributed by atoms with Gasteiger partial charge in [0, 0.05) is 29.4 Å². The number of anilines is 2. The van der Waals surface area contributed by atoms with Gasteiger partial charge in [0.2, 0.25) is 0 Å². The molecule has 6 heteroatoms. The SMILES string of the molecule is Cc1cc(C)cc(N2CCCc3cc4cc(C=CC=C(C#N)C(=O)O)c(=O)oc4cc32)c1. The molecule has 0 aliphatic carbocycles. The zero-order valence-corrected chi connectivity index (χ0v) is 17.9. The first-order valence-corrected chi connectivity index (χ1v) is 10.3. The maximum Gasteiger partial charge on any atom is 0.346 e. The monoisotopic (exact) mass is 426 g/mol. The molecule has 0 saturated heterocycles. The number of allylic oxidation sites excluding steroid dienone is 2. The van der Waals surface area contributed by atoms with Crippen LogP contribution >= 0.6 is 0 Å². The fraction of sp³-hybridized carbons (Fsp3) is 0.192. The number of carboxylic acids is 1. The Morgan fingerprint density at radius 1 is 1.16 bits per heavy atom. The molecule has 0 atom stereocenters. The van der Waals surface area contributed by atoms with Crippen LogP contribution in [0.2, 0.25) is 0 Å². The number of rotatable bonds is 4. The van der Waals surface area contributed by atoms with E-state index in [2.05, 4.69) is 36.9 Å². The molecule has 2 aromatic carbocycles. The molecule has 1 aliphatic heterocycles. The molecule has 0 unspecified atom stereocenters. The summed E-state index contributed by atoms with van der Waals surface area (Å²) in [5, 5.41) is 18.5. The average Bonchev–Trinajstić information content (AvgIpc) is 2.74. The van der Waals surface area contributed by atoms with Crippen molar-refractivity contribution in [1.82, 2.24) is 0 Å². The summed E-state index contributed by atoms with van der Waals surface area (Å²) in [4.78, 5) is 25.7. The smallest absolute Gasteiger partial charge is 0.346 e. The van der Waals surface area contributed by atoms with Crippen LogP contribution in [-0.2, 0) is 11.2 Å². The third kappa shape index (κ3) is 4.19. The third-order valence-corrected chi connectivity index (χ3v) is 5.49. The first-order valence-electron chi connectivity index (χ1n) is 10.3. The van der Waals surface area contributed by atoms with Crippen molar-refractivity contribution in [3.05, 3.63) is 86.8 Å². The minimum Gasteiger partial charge on any atom is -0.477 e. The first-order chi connectivity index (χ1) is 15.4. The molecule has 2 heterocycles. The molecule has 3 aromatic rings. The highest BCUT2D eigenvalue weighted by atomic mass is 16.4. The van der Waals surface area contributed by atoms with Crippen LogP contribution in [0.3, 0.4) is 0 Å². The predicted octanol–water partition coefficient (Wildman–Crippen LogP) is 5.04. The van der Waals surface area contributed by atoms with E-state index in [9.17, 15) is 9.59 Å². The van der Waals surface area contributed by atoms with Crippen LogP contribution in [0.1, 0.15) is 28.7 Å². The minimum absolute atomic E-state index is 0.290. The van der Waals surface area contributed by atoms with E-state index in [0.717, 1.165) is 42.2 Å². The van der Waals surface area contributed by atoms with Gasteiger partial charge in [-0.1, -0.05) is 12.1 Å². The van der Waals surface area contributed by atoms with Gasteiger partial charge in [0.25, 0.3) is 0 Å². The van der Waals surface area contributed by atoms with Crippen LogP contribution in [0.5, 0.6) is 0 Å². The number of nitriles is 1. The Balaban J connectivity index is 1.76. The van der Waals surface area contributed by atoms with Gasteiger partial charge in [0.15, 0.2) is 0 Å². The van der Waals surface area contributed by atoms with Crippen molar-refractivity contribution in [2.45, 2.75) is 26.7 Å². The van der Waals surface area contributed by atoms with E-state index in [0.29, 0.717) is 11.1 Å². The Morgan fingerprint density at radius 2 is 1.91 bits per heavy atom. The van der Waals surface area contributed by atoms with Crippen molar-refractivity contribution < 1.29 is 14.3 Å². The fourth-order valence-electron chi connectivity index (χ4n) is 4.11. The van der Waals surface area contributed by atoms with E-state index in [4.69, 9.17) is 14.8 Å². The minimum atomic E-state index is -1.32. The Kier molecular flexibility index (Phi) is 5.65. The van der Waals surface area contributed by atoms with Gasteiger partial charge in [-0.2, -0.15) is 5.26 Å². The summed E-state index contributed by atoms with van der Waals surface area (Å²) in [6.45, 7) is 5.06. The van der Waals surface area contributed by atoms with Crippen molar-refractivity contribution in [2.75, 3.05) is 11.4 Å². The lowest BCUT2D eigenvalue weighted by molar-refractivity contribution is -0.132. The van der Waals surface area contributed by atoms with Gasteiger partial charge in [-0.05, 0) is 79.8 Å². The number of hydrogen-bond donors (Lipinski definition) is 1. The van der Waals surface area contributed by atoms with Crippen LogP contribution in [-0.4, -0.2) is 17.6 Å². The number of aryl methyl sites for hydroxylation is 3. The molecule has 1 aromatic heterocycles. The Morgan fingerprint density at radius 3 is 2.59 bits per heavy atom. The summed E-state index contributed by atoms with van der Waals surface area (Å²) in [7, 11) is 0. The summed E-state index contributed by atoms with van der Waals surface area (Å²) in [6.07, 6.45) is 5.92. The van der Waals surface area contributed by atoms with Gasteiger partial charge in [0.1, 0.15) is 17.2 Å². The van der Waals surface area contributed by atoms with Gasteiger partial charge in [-0.3, -0.25) is 0 Å². The van der Waals surface area contributed by atoms with Crippen molar-refractivity contribution >= 4 is 34.4 Å². The number of carboxylic acid groups (broad SMARTS) is 1. The lowest BCUT2D eigenvalue weighted by Crippen LogP contribution is -2.24. The molecule has 0 amide bonds. The molecular formula is C26H22N2O4. The molecule has 1 aliphatic rings. The molecular weight excluding hydrogens is 404 g/mol. The summed E-state index contributed by atoms with van der Waals surface area (Å²) in [5.74, 6) is -1.32. The third-order valence-electron chi connectivity index (χ3n) is 5.49. The molecule has 6 nitrogen and oxygen atoms in total. The second kappa shape index (κ2) is 8.56. The van der Waals surface area contributed by atoms with Crippen LogP contribution < -0.4 is 10.5 Å². The highest BCUT2D eigenvalue weighted by Crippen LogP contribution is 2.37. The summed E-state index contributed by atoms with van der Waals surface area (Å²) >= 11 is 0. The number of carbonyl (C=O) groups is 1. The van der Waals surface area contributed by atoms with Crippen molar-refractivity contribution in [3.8, 4) is 6.07 Å². The number of fused-ring (bicyclic) bond motifs is 2. The molecule has 0 saturated carbocycles. The molecule has 4 rings (SSSR count). The summed E-state index contributed by atoms with van der Waals surface area (Å²) in [6, 6.07) is 13.8. The van der Waals surface area contributed by atoms with Crippen LogP contribution in [0.15, 0.2) is 63.3 Å². The molecule has 32 heavy (non-hydrogen) atoms. The van der Waals surface area contributed by atoms with Gasteiger partial charge in [-0.25, -0.2) is 9.59 Å². The van der Waals surface area contributed by atoms with Gasteiger partial charge < -0.3 is 14.4 Å². The second-order valence-corrected chi connectivity index (χ2v) is 7.97. The number of nitrogens with zero attached hydrogens (tertiary/aromatic N) is 2. The van der Waals surface area contributed by atoms with Crippen molar-refractivity contribution in [1.29, 1.82) is 5.26 Å². The van der Waals surface area contributed by atoms with Crippen molar-refractivity contribution in [2.24, 2.45) is 0 Å². The molecule has 160 valence electrons. The van der Waals surface area contributed by atoms with Crippen LogP contribution in [0.25, 0.3) is 17.0 Å². The maximum absolute atomic E-state index is 12.5. The van der Waals surface area contributed by atoms with E-state index in [1.807, 2.05) is 12.1 Å². The maximum atomic E-state index is 12.5. The van der Waals surface area contributed by atoms with Gasteiger partial charge in [-0.15, -0.1) is 0 Å². The highest BCUT2D eigenvalue weighted by molar-refractivity contribution is 5.91. The quantitative estimate of drug-likeness (QED) is 0.272. The molecule has 0 radical (unpaired) electrons. The van der Waals surface area contributed by atoms with Crippen LogP contribution in [0.4, 0.5) is 11.4 Å². The first kappa shape index (κ1) is 21.1. The molecule has 1 N–H and O–H groups in total. The Bertz CT molecular complexity index is 1370. The Labute approximate surface area is 185 Å². The summed E-state index contributed by atoms with van der Waals surface area (Å²) in [5.41, 5.74) is 5.62. The predicted molar refractivity (Wildman–Crippen MR) is 124 cm³/mol. The average molecular weight is 426 g/mol. The van der Waals surface area contributed by atoms with E-state index in [1.54, 1.807) is 12.1 Å². The molecule has 0 spiro atoms. The second-order valence-electron chi connectivity index (χ2n) is 7.97. The lowest BCUT2D eigenvalue weighted by atomic mass is 9.98. The van der Waals surface area contributed by atoms with E-state index < -0.39 is 17.2 Å². The van der Waals surface area contributed by atoms with E-state index in [1.165, 1.54) is 28.8 Å². The molecule has 0 fully saturated rings. The highest BCUT2D eigenvalue weighted by Gasteiger charge is 2.20. The number of benzene rings is 2. The zero-order valence-electron chi connectivity index (χ0n) is 17.9. The topological polar surface area (TPSA) is 94.5 Å². The fourth-order valence-corrected chi connectivity index (χ4v) is 4.11. The number of hydrogen-bond acceptors (Lipinski definition) is 5. The number of aliphatic carboxylic acids is 1. The largest absolute Gasteiger partial charge is 0.477 e. The summed E-state index contributed by atoms with van der Waals surface area (Å²) < 4.78 is 5.59. The van der Waals surface area contributed by atoms with E-state index >= 15 is 0 Å². The van der Waals surface area contributed by atoms with Gasteiger partial charge in [0.05, 0.1) is 5.56 Å². The normalized spacial score (nSPS) is 13.9. The lowest BCUT2D eigenvalue weighted by Gasteiger charge is -2.32. The van der Waals surface area contributed by atoms with E-state index in [-0.39, 0.29) is 0 Å².